The van der Waals surface area contributed by atoms with Crippen LogP contribution in [-0.4, -0.2) is 16.2 Å². The Hall–Kier alpha value is -7.04. The van der Waals surface area contributed by atoms with E-state index in [-0.39, 0.29) is 0 Å². The van der Waals surface area contributed by atoms with Crippen LogP contribution in [0.5, 0.6) is 5.75 Å². The molecule has 0 fully saturated rings. The van der Waals surface area contributed by atoms with E-state index in [9.17, 15) is 0 Å². The number of rotatable bonds is 7. The van der Waals surface area contributed by atoms with Crippen LogP contribution in [0.2, 0.25) is 0 Å². The Kier molecular flexibility index (Phi) is 7.33. The van der Waals surface area contributed by atoms with Crippen molar-refractivity contribution in [2.24, 2.45) is 0 Å². The van der Waals surface area contributed by atoms with E-state index in [2.05, 4.69) is 178 Å². The second-order valence-electron chi connectivity index (χ2n) is 13.5. The first-order valence-corrected chi connectivity index (χ1v) is 18.0. The highest BCUT2D eigenvalue weighted by Crippen LogP contribution is 2.40. The van der Waals surface area contributed by atoms with Crippen molar-refractivity contribution < 1.29 is 4.74 Å². The molecule has 2 aromatic heterocycles. The first-order chi connectivity index (χ1) is 26.2. The average Bonchev–Trinajstić information content (AvgIpc) is 3.74. The van der Waals surface area contributed by atoms with Crippen LogP contribution < -0.4 is 10.1 Å². The van der Waals surface area contributed by atoms with E-state index in [1.807, 2.05) is 24.3 Å². The predicted molar refractivity (Wildman–Crippen MR) is 222 cm³/mol. The highest BCUT2D eigenvalue weighted by molar-refractivity contribution is 6.12. The molecule has 0 saturated heterocycles. The molecule has 0 aliphatic carbocycles. The van der Waals surface area contributed by atoms with Gasteiger partial charge in [0.15, 0.2) is 0 Å². The van der Waals surface area contributed by atoms with Crippen molar-refractivity contribution >= 4 is 55.0 Å². The van der Waals surface area contributed by atoms with Crippen molar-refractivity contribution in [1.29, 1.82) is 0 Å². The van der Waals surface area contributed by atoms with Gasteiger partial charge < -0.3 is 19.2 Å². The number of para-hydroxylation sites is 3. The number of hydrogen-bond acceptors (Lipinski definition) is 2. The van der Waals surface area contributed by atoms with E-state index in [0.717, 1.165) is 50.8 Å². The molecule has 10 aromatic rings. The molecule has 4 heteroatoms. The summed E-state index contributed by atoms with van der Waals surface area (Å²) >= 11 is 0. The second-order valence-corrected chi connectivity index (χ2v) is 13.5. The third kappa shape index (κ3) is 5.23. The minimum atomic E-state index is 0.834. The lowest BCUT2D eigenvalue weighted by Crippen LogP contribution is -1.97. The number of methoxy groups -OCH3 is 1. The summed E-state index contributed by atoms with van der Waals surface area (Å²) in [6, 6.07) is 67.3. The summed E-state index contributed by atoms with van der Waals surface area (Å²) in [6.07, 6.45) is 0. The summed E-state index contributed by atoms with van der Waals surface area (Å²) in [6.45, 7) is 0. The largest absolute Gasteiger partial charge is 0.497 e. The summed E-state index contributed by atoms with van der Waals surface area (Å²) in [5, 5.41) is 8.62. The van der Waals surface area contributed by atoms with Crippen LogP contribution in [0.25, 0.3) is 77.2 Å². The zero-order valence-electron chi connectivity index (χ0n) is 29.2. The molecule has 0 saturated carbocycles. The standard InChI is InChI=1S/C49H35N3O/c1-53-39-25-22-36(23-26-39)50-45-29-21-34(30-44(45)33-12-4-2-5-13-33)35-20-27-42-40-16-9-11-19-47(40)52(48(42)31-35)38-24-28-43-41-17-8-10-18-46(41)51(49(43)32-38)37-14-6-3-7-15-37/h2-32,50H,1H3. The molecule has 8 aromatic carbocycles. The summed E-state index contributed by atoms with van der Waals surface area (Å²) in [7, 11) is 1.69. The fraction of sp³-hybridized carbons (Fsp3) is 0.0204. The van der Waals surface area contributed by atoms with Gasteiger partial charge in [-0.2, -0.15) is 0 Å². The van der Waals surface area contributed by atoms with Gasteiger partial charge in [0, 0.05) is 49.9 Å². The molecule has 252 valence electrons. The SMILES string of the molecule is COc1ccc(Nc2ccc(-c3ccc4c5ccccc5n(-c5ccc6c7ccccc7n(-c7ccccc7)c6c5)c4c3)cc2-c2ccccc2)cc1. The van der Waals surface area contributed by atoms with Gasteiger partial charge in [0.1, 0.15) is 5.75 Å². The van der Waals surface area contributed by atoms with Gasteiger partial charge >= 0.3 is 0 Å². The monoisotopic (exact) mass is 681 g/mol. The maximum Gasteiger partial charge on any atom is 0.119 e. The van der Waals surface area contributed by atoms with Gasteiger partial charge in [-0.15, -0.1) is 0 Å². The summed E-state index contributed by atoms with van der Waals surface area (Å²) in [4.78, 5) is 0. The van der Waals surface area contributed by atoms with Crippen LogP contribution in [0.4, 0.5) is 11.4 Å². The van der Waals surface area contributed by atoms with Crippen LogP contribution in [0, 0.1) is 0 Å². The lowest BCUT2D eigenvalue weighted by Gasteiger charge is -2.15. The molecule has 0 aliphatic rings. The van der Waals surface area contributed by atoms with Crippen molar-refractivity contribution in [1.82, 2.24) is 9.13 Å². The summed E-state index contributed by atoms with van der Waals surface area (Å²) in [5.41, 5.74) is 13.7. The third-order valence-corrected chi connectivity index (χ3v) is 10.4. The van der Waals surface area contributed by atoms with E-state index in [4.69, 9.17) is 4.74 Å². The highest BCUT2D eigenvalue weighted by atomic mass is 16.5. The van der Waals surface area contributed by atoms with Gasteiger partial charge in [-0.1, -0.05) is 109 Å². The minimum Gasteiger partial charge on any atom is -0.497 e. The summed E-state index contributed by atoms with van der Waals surface area (Å²) < 4.78 is 10.2. The minimum absolute atomic E-state index is 0.834. The van der Waals surface area contributed by atoms with Gasteiger partial charge in [0.2, 0.25) is 0 Å². The van der Waals surface area contributed by atoms with Crippen LogP contribution in [-0.2, 0) is 0 Å². The Balaban J connectivity index is 1.15. The number of hydrogen-bond donors (Lipinski definition) is 1. The van der Waals surface area contributed by atoms with Crippen molar-refractivity contribution in [3.05, 3.63) is 188 Å². The van der Waals surface area contributed by atoms with Gasteiger partial charge in [0.25, 0.3) is 0 Å². The van der Waals surface area contributed by atoms with Crippen LogP contribution >= 0.6 is 0 Å². The number of anilines is 2. The molecule has 0 bridgehead atoms. The van der Waals surface area contributed by atoms with Crippen LogP contribution in [0.3, 0.4) is 0 Å². The number of aromatic nitrogens is 2. The van der Waals surface area contributed by atoms with Gasteiger partial charge in [-0.3, -0.25) is 0 Å². The first kappa shape index (κ1) is 30.8. The van der Waals surface area contributed by atoms with Crippen molar-refractivity contribution in [2.75, 3.05) is 12.4 Å². The Labute approximate surface area is 307 Å². The topological polar surface area (TPSA) is 31.1 Å². The van der Waals surface area contributed by atoms with E-state index in [1.165, 1.54) is 43.6 Å². The molecule has 0 unspecified atom stereocenters. The lowest BCUT2D eigenvalue weighted by molar-refractivity contribution is 0.415. The third-order valence-electron chi connectivity index (χ3n) is 10.4. The normalized spacial score (nSPS) is 11.5. The van der Waals surface area contributed by atoms with Crippen LogP contribution in [0.15, 0.2) is 188 Å². The van der Waals surface area contributed by atoms with E-state index >= 15 is 0 Å². The molecular weight excluding hydrogens is 647 g/mol. The molecular formula is C49H35N3O. The first-order valence-electron chi connectivity index (χ1n) is 18.0. The average molecular weight is 682 g/mol. The van der Waals surface area contributed by atoms with Crippen molar-refractivity contribution in [3.8, 4) is 39.4 Å². The van der Waals surface area contributed by atoms with E-state index in [1.54, 1.807) is 7.11 Å². The molecule has 1 N–H and O–H groups in total. The van der Waals surface area contributed by atoms with Gasteiger partial charge in [0.05, 0.1) is 29.2 Å². The van der Waals surface area contributed by atoms with Crippen LogP contribution in [0.1, 0.15) is 0 Å². The fourth-order valence-electron chi connectivity index (χ4n) is 7.90. The zero-order chi connectivity index (χ0) is 35.3. The van der Waals surface area contributed by atoms with E-state index < -0.39 is 0 Å². The molecule has 0 aliphatic heterocycles. The fourth-order valence-corrected chi connectivity index (χ4v) is 7.90. The molecule has 0 radical (unpaired) electrons. The Morgan fingerprint density at radius 1 is 0.396 bits per heavy atom. The molecule has 0 amide bonds. The predicted octanol–water partition coefficient (Wildman–Crippen LogP) is 13.0. The van der Waals surface area contributed by atoms with E-state index in [0.29, 0.717) is 0 Å². The molecule has 0 spiro atoms. The number of nitrogens with one attached hydrogen (secondary N) is 1. The second kappa shape index (κ2) is 12.6. The van der Waals surface area contributed by atoms with Crippen molar-refractivity contribution in [3.63, 3.8) is 0 Å². The molecule has 4 nitrogen and oxygen atoms in total. The number of benzene rings is 8. The molecule has 0 atom stereocenters. The number of nitrogens with zero attached hydrogens (tertiary/aromatic N) is 2. The number of fused-ring (bicyclic) bond motifs is 6. The number of ether oxygens (including phenoxy) is 1. The smallest absolute Gasteiger partial charge is 0.119 e. The molecule has 10 rings (SSSR count). The zero-order valence-corrected chi connectivity index (χ0v) is 29.2. The highest BCUT2D eigenvalue weighted by Gasteiger charge is 2.17. The molecule has 53 heavy (non-hydrogen) atoms. The van der Waals surface area contributed by atoms with Gasteiger partial charge in [-0.05, 0) is 95.6 Å². The van der Waals surface area contributed by atoms with Gasteiger partial charge in [-0.25, -0.2) is 0 Å². The quantitative estimate of drug-likeness (QED) is 0.182. The Bertz CT molecular complexity index is 2940. The lowest BCUT2D eigenvalue weighted by atomic mass is 9.96. The van der Waals surface area contributed by atoms with Crippen molar-refractivity contribution in [2.45, 2.75) is 0 Å². The Morgan fingerprint density at radius 2 is 0.943 bits per heavy atom. The maximum absolute atomic E-state index is 5.39. The Morgan fingerprint density at radius 3 is 1.64 bits per heavy atom. The maximum atomic E-state index is 5.39. The summed E-state index contributed by atoms with van der Waals surface area (Å²) in [5.74, 6) is 0.834. The molecule has 2 heterocycles.